The summed E-state index contributed by atoms with van der Waals surface area (Å²) in [5.74, 6) is 0.152. The van der Waals surface area contributed by atoms with E-state index in [0.717, 1.165) is 57.9 Å². The summed E-state index contributed by atoms with van der Waals surface area (Å²) < 4.78 is 4.64. The highest BCUT2D eigenvalue weighted by atomic mass is 16.5. The fourth-order valence-corrected chi connectivity index (χ4v) is 3.83. The SMILES string of the molecule is COC(=O)CCCCCCN1C(=O)CC[C@@H]1C=CC(=O)CCCCc1ccccc1. The predicted octanol–water partition coefficient (Wildman–Crippen LogP) is 4.64. The minimum absolute atomic E-state index is 0.0424. The molecule has 1 aliphatic heterocycles. The first-order chi connectivity index (χ1) is 14.6. The zero-order valence-electron chi connectivity index (χ0n) is 18.2. The molecule has 1 aliphatic rings. The van der Waals surface area contributed by atoms with Crippen molar-refractivity contribution in [2.24, 2.45) is 0 Å². The lowest BCUT2D eigenvalue weighted by Crippen LogP contribution is -2.32. The summed E-state index contributed by atoms with van der Waals surface area (Å²) in [4.78, 5) is 37.4. The van der Waals surface area contributed by atoms with E-state index in [9.17, 15) is 14.4 Å². The second-order valence-electron chi connectivity index (χ2n) is 7.95. The summed E-state index contributed by atoms with van der Waals surface area (Å²) in [6.45, 7) is 0.720. The van der Waals surface area contributed by atoms with E-state index in [1.54, 1.807) is 6.08 Å². The van der Waals surface area contributed by atoms with Crippen molar-refractivity contribution in [1.29, 1.82) is 0 Å². The molecular weight excluding hydrogens is 378 g/mol. The number of ether oxygens (including phenoxy) is 1. The predicted molar refractivity (Wildman–Crippen MR) is 118 cm³/mol. The average molecular weight is 414 g/mol. The van der Waals surface area contributed by atoms with Crippen LogP contribution in [0.3, 0.4) is 0 Å². The van der Waals surface area contributed by atoms with E-state index in [-0.39, 0.29) is 23.7 Å². The van der Waals surface area contributed by atoms with Crippen molar-refractivity contribution < 1.29 is 19.1 Å². The minimum Gasteiger partial charge on any atom is -0.469 e. The molecule has 1 aromatic rings. The Bertz CT molecular complexity index is 698. The third-order valence-corrected chi connectivity index (χ3v) is 5.62. The number of esters is 1. The molecule has 0 spiro atoms. The van der Waals surface area contributed by atoms with E-state index in [0.29, 0.717) is 19.3 Å². The number of nitrogens with zero attached hydrogens (tertiary/aromatic N) is 1. The second kappa shape index (κ2) is 13.7. The second-order valence-corrected chi connectivity index (χ2v) is 7.95. The molecule has 1 aromatic carbocycles. The van der Waals surface area contributed by atoms with Gasteiger partial charge in [0.1, 0.15) is 0 Å². The highest BCUT2D eigenvalue weighted by molar-refractivity contribution is 5.90. The van der Waals surface area contributed by atoms with Crippen LogP contribution < -0.4 is 0 Å². The molecule has 2 rings (SSSR count). The number of allylic oxidation sites excluding steroid dienone is 1. The maximum Gasteiger partial charge on any atom is 0.305 e. The Morgan fingerprint density at radius 1 is 1.03 bits per heavy atom. The zero-order valence-corrected chi connectivity index (χ0v) is 18.2. The van der Waals surface area contributed by atoms with Crippen molar-refractivity contribution in [1.82, 2.24) is 4.90 Å². The van der Waals surface area contributed by atoms with E-state index < -0.39 is 0 Å². The Hall–Kier alpha value is -2.43. The molecule has 0 bridgehead atoms. The lowest BCUT2D eigenvalue weighted by Gasteiger charge is -2.22. The molecule has 0 saturated carbocycles. The average Bonchev–Trinajstić information content (AvgIpc) is 3.12. The number of likely N-dealkylation sites (tertiary alicyclic amines) is 1. The maximum atomic E-state index is 12.2. The van der Waals surface area contributed by atoms with Gasteiger partial charge in [-0.05, 0) is 50.2 Å². The molecule has 1 heterocycles. The molecule has 1 amide bonds. The highest BCUT2D eigenvalue weighted by Crippen LogP contribution is 2.21. The van der Waals surface area contributed by atoms with Crippen LogP contribution in [0.25, 0.3) is 0 Å². The Balaban J connectivity index is 1.63. The molecular formula is C25H35NO4. The molecule has 30 heavy (non-hydrogen) atoms. The normalized spacial score (nSPS) is 16.4. The Kier molecular flexibility index (Phi) is 10.9. The van der Waals surface area contributed by atoms with Crippen LogP contribution in [-0.2, 0) is 25.5 Å². The number of carbonyl (C=O) groups is 3. The van der Waals surface area contributed by atoms with Crippen molar-refractivity contribution >= 4 is 17.7 Å². The maximum absolute atomic E-state index is 12.2. The van der Waals surface area contributed by atoms with Gasteiger partial charge >= 0.3 is 5.97 Å². The molecule has 0 N–H and O–H groups in total. The van der Waals surface area contributed by atoms with Crippen molar-refractivity contribution in [2.75, 3.05) is 13.7 Å². The molecule has 164 valence electrons. The lowest BCUT2D eigenvalue weighted by molar-refractivity contribution is -0.140. The third kappa shape index (κ3) is 8.93. The minimum atomic E-state index is -0.167. The summed E-state index contributed by atoms with van der Waals surface area (Å²) in [6, 6.07) is 10.4. The van der Waals surface area contributed by atoms with Crippen LogP contribution in [0, 0.1) is 0 Å². The van der Waals surface area contributed by atoms with Gasteiger partial charge in [0.25, 0.3) is 0 Å². The first-order valence-corrected chi connectivity index (χ1v) is 11.2. The van der Waals surface area contributed by atoms with Gasteiger partial charge in [-0.15, -0.1) is 0 Å². The van der Waals surface area contributed by atoms with Crippen molar-refractivity contribution in [2.45, 2.75) is 76.7 Å². The largest absolute Gasteiger partial charge is 0.469 e. The van der Waals surface area contributed by atoms with Crippen molar-refractivity contribution in [3.05, 3.63) is 48.0 Å². The van der Waals surface area contributed by atoms with Gasteiger partial charge < -0.3 is 9.64 Å². The zero-order chi connectivity index (χ0) is 21.6. The van der Waals surface area contributed by atoms with Gasteiger partial charge in [0.2, 0.25) is 5.91 Å². The van der Waals surface area contributed by atoms with Gasteiger partial charge in [0.15, 0.2) is 5.78 Å². The summed E-state index contributed by atoms with van der Waals surface area (Å²) >= 11 is 0. The number of benzene rings is 1. The fourth-order valence-electron chi connectivity index (χ4n) is 3.83. The number of unbranched alkanes of at least 4 members (excludes halogenated alkanes) is 4. The fraction of sp³-hybridized carbons (Fsp3) is 0.560. The molecule has 1 fully saturated rings. The van der Waals surface area contributed by atoms with Gasteiger partial charge in [-0.25, -0.2) is 0 Å². The summed E-state index contributed by atoms with van der Waals surface area (Å²) in [5, 5.41) is 0. The molecule has 1 atom stereocenters. The first kappa shape index (κ1) is 23.8. The van der Waals surface area contributed by atoms with Crippen LogP contribution in [0.4, 0.5) is 0 Å². The third-order valence-electron chi connectivity index (χ3n) is 5.62. The van der Waals surface area contributed by atoms with E-state index in [2.05, 4.69) is 16.9 Å². The van der Waals surface area contributed by atoms with E-state index in [4.69, 9.17) is 0 Å². The standard InChI is InChI=1S/C25H35NO4/c1-30-25(29)15-7-2-3-10-20-26-22(17-19-24(26)28)16-18-23(27)14-9-8-13-21-11-5-4-6-12-21/h4-6,11-12,16,18,22H,2-3,7-10,13-15,17,19-20H2,1H3/t22-/m0/s1. The highest BCUT2D eigenvalue weighted by Gasteiger charge is 2.28. The van der Waals surface area contributed by atoms with Crippen LogP contribution in [0.2, 0.25) is 0 Å². The molecule has 5 heteroatoms. The number of hydrogen-bond acceptors (Lipinski definition) is 4. The number of ketones is 1. The number of aryl methyl sites for hydroxylation is 1. The number of amides is 1. The summed E-state index contributed by atoms with van der Waals surface area (Å²) in [5.41, 5.74) is 1.31. The van der Waals surface area contributed by atoms with Crippen molar-refractivity contribution in [3.8, 4) is 0 Å². The molecule has 0 radical (unpaired) electrons. The van der Waals surface area contributed by atoms with Crippen LogP contribution in [0.1, 0.15) is 69.8 Å². The molecule has 0 aliphatic carbocycles. The molecule has 0 aromatic heterocycles. The van der Waals surface area contributed by atoms with Crippen molar-refractivity contribution in [3.63, 3.8) is 0 Å². The number of rotatable bonds is 14. The number of carbonyl (C=O) groups excluding carboxylic acids is 3. The Morgan fingerprint density at radius 3 is 2.53 bits per heavy atom. The molecule has 5 nitrogen and oxygen atoms in total. The van der Waals surface area contributed by atoms with Crippen LogP contribution in [0.15, 0.2) is 42.5 Å². The van der Waals surface area contributed by atoms with Gasteiger partial charge in [0, 0.05) is 25.8 Å². The summed E-state index contributed by atoms with van der Waals surface area (Å²) in [6.07, 6.45) is 12.5. The van der Waals surface area contributed by atoms with E-state index in [1.165, 1.54) is 12.7 Å². The van der Waals surface area contributed by atoms with Gasteiger partial charge in [0.05, 0.1) is 13.2 Å². The molecule has 1 saturated heterocycles. The van der Waals surface area contributed by atoms with Crippen LogP contribution in [0.5, 0.6) is 0 Å². The van der Waals surface area contributed by atoms with Gasteiger partial charge in [-0.1, -0.05) is 49.2 Å². The van der Waals surface area contributed by atoms with Gasteiger partial charge in [-0.2, -0.15) is 0 Å². The Labute approximate surface area is 180 Å². The van der Waals surface area contributed by atoms with Gasteiger partial charge in [-0.3, -0.25) is 14.4 Å². The topological polar surface area (TPSA) is 63.7 Å². The quantitative estimate of drug-likeness (QED) is 0.253. The van der Waals surface area contributed by atoms with E-state index in [1.807, 2.05) is 29.2 Å². The number of methoxy groups -OCH3 is 1. The Morgan fingerprint density at radius 2 is 1.77 bits per heavy atom. The van der Waals surface area contributed by atoms with E-state index >= 15 is 0 Å². The van der Waals surface area contributed by atoms with Crippen LogP contribution in [-0.4, -0.2) is 42.3 Å². The molecule has 0 unspecified atom stereocenters. The first-order valence-electron chi connectivity index (χ1n) is 11.2. The number of hydrogen-bond donors (Lipinski definition) is 0. The smallest absolute Gasteiger partial charge is 0.305 e. The van der Waals surface area contributed by atoms with Crippen LogP contribution >= 0.6 is 0 Å². The summed E-state index contributed by atoms with van der Waals surface area (Å²) in [7, 11) is 1.41. The monoisotopic (exact) mass is 413 g/mol. The lowest BCUT2D eigenvalue weighted by atomic mass is 10.1.